The lowest BCUT2D eigenvalue weighted by Crippen LogP contribution is -2.47. The summed E-state index contributed by atoms with van der Waals surface area (Å²) >= 11 is 0. The van der Waals surface area contributed by atoms with Crippen LogP contribution in [-0.2, 0) is 6.54 Å². The minimum absolute atomic E-state index is 0.538. The van der Waals surface area contributed by atoms with Crippen LogP contribution < -0.4 is 10.5 Å². The zero-order valence-corrected chi connectivity index (χ0v) is 12.8. The monoisotopic (exact) mass is 289 g/mol. The van der Waals surface area contributed by atoms with E-state index >= 15 is 0 Å². The number of nitrogens with two attached hydrogens (primary N) is 1. The molecule has 1 aliphatic carbocycles. The molecule has 3 rings (SSSR count). The van der Waals surface area contributed by atoms with Gasteiger partial charge in [0.1, 0.15) is 12.4 Å². The molecule has 4 nitrogen and oxygen atoms in total. The molecule has 2 fully saturated rings. The van der Waals surface area contributed by atoms with Crippen LogP contribution in [0.25, 0.3) is 0 Å². The summed E-state index contributed by atoms with van der Waals surface area (Å²) in [4.78, 5) is 5.13. The summed E-state index contributed by atoms with van der Waals surface area (Å²) in [6.07, 6.45) is 2.91. The van der Waals surface area contributed by atoms with Crippen LogP contribution in [0.5, 0.6) is 5.75 Å². The summed E-state index contributed by atoms with van der Waals surface area (Å²) in [7, 11) is 0. The molecular weight excluding hydrogens is 262 g/mol. The van der Waals surface area contributed by atoms with Gasteiger partial charge >= 0.3 is 0 Å². The lowest BCUT2D eigenvalue weighted by molar-refractivity contribution is 0.113. The molecule has 1 saturated heterocycles. The highest BCUT2D eigenvalue weighted by molar-refractivity contribution is 5.32. The number of para-hydroxylation sites is 1. The Hall–Kier alpha value is -1.10. The summed E-state index contributed by atoms with van der Waals surface area (Å²) in [6, 6.07) is 8.06. The van der Waals surface area contributed by atoms with Crippen molar-refractivity contribution in [3.8, 4) is 5.75 Å². The van der Waals surface area contributed by atoms with Crippen LogP contribution in [0.1, 0.15) is 18.4 Å². The first-order chi connectivity index (χ1) is 10.3. The molecular formula is C17H27N3O. The molecule has 1 saturated carbocycles. The molecule has 116 valence electrons. The predicted molar refractivity (Wildman–Crippen MR) is 85.4 cm³/mol. The Labute approximate surface area is 127 Å². The van der Waals surface area contributed by atoms with Crippen LogP contribution in [0.4, 0.5) is 0 Å². The molecule has 1 aliphatic heterocycles. The van der Waals surface area contributed by atoms with Crippen LogP contribution in [-0.4, -0.2) is 55.7 Å². The highest BCUT2D eigenvalue weighted by Gasteiger charge is 2.26. The first-order valence-electron chi connectivity index (χ1n) is 8.20. The highest BCUT2D eigenvalue weighted by atomic mass is 16.5. The SMILES string of the molecule is NCc1ccccc1OCCN1CCN(CC2CC2)CC1. The Morgan fingerprint density at radius 3 is 2.48 bits per heavy atom. The van der Waals surface area contributed by atoms with Crippen molar-refractivity contribution in [1.82, 2.24) is 9.80 Å². The van der Waals surface area contributed by atoms with Gasteiger partial charge in [0.2, 0.25) is 0 Å². The van der Waals surface area contributed by atoms with Gasteiger partial charge in [0, 0.05) is 51.4 Å². The first kappa shape index (κ1) is 14.8. The third-order valence-corrected chi connectivity index (χ3v) is 4.54. The molecule has 0 radical (unpaired) electrons. The number of piperazine rings is 1. The molecule has 2 N–H and O–H groups in total. The number of rotatable bonds is 7. The molecule has 0 unspecified atom stereocenters. The van der Waals surface area contributed by atoms with E-state index in [1.165, 1.54) is 45.6 Å². The smallest absolute Gasteiger partial charge is 0.123 e. The minimum Gasteiger partial charge on any atom is -0.492 e. The van der Waals surface area contributed by atoms with E-state index in [1.807, 2.05) is 24.3 Å². The zero-order chi connectivity index (χ0) is 14.5. The maximum atomic E-state index is 5.90. The largest absolute Gasteiger partial charge is 0.492 e. The molecule has 0 aromatic heterocycles. The van der Waals surface area contributed by atoms with Crippen molar-refractivity contribution in [2.24, 2.45) is 11.7 Å². The molecule has 21 heavy (non-hydrogen) atoms. The standard InChI is InChI=1S/C17H27N3O/c18-13-16-3-1-2-4-17(16)21-12-11-19-7-9-20(10-8-19)14-15-5-6-15/h1-4,15H,5-14,18H2. The van der Waals surface area contributed by atoms with Crippen molar-refractivity contribution in [1.29, 1.82) is 0 Å². The molecule has 0 atom stereocenters. The van der Waals surface area contributed by atoms with Gasteiger partial charge in [-0.05, 0) is 24.8 Å². The Kier molecular flexibility index (Phi) is 5.12. The van der Waals surface area contributed by atoms with E-state index < -0.39 is 0 Å². The van der Waals surface area contributed by atoms with Gasteiger partial charge in [-0.3, -0.25) is 4.90 Å². The molecule has 4 heteroatoms. The summed E-state index contributed by atoms with van der Waals surface area (Å²) in [6.45, 7) is 8.41. The number of nitrogens with zero attached hydrogens (tertiary/aromatic N) is 2. The maximum absolute atomic E-state index is 5.90. The van der Waals surface area contributed by atoms with E-state index in [9.17, 15) is 0 Å². The number of ether oxygens (including phenoxy) is 1. The van der Waals surface area contributed by atoms with Gasteiger partial charge in [0.15, 0.2) is 0 Å². The summed E-state index contributed by atoms with van der Waals surface area (Å²) in [5, 5.41) is 0. The Morgan fingerprint density at radius 2 is 1.76 bits per heavy atom. The minimum atomic E-state index is 0.538. The molecule has 1 aromatic rings. The van der Waals surface area contributed by atoms with Gasteiger partial charge < -0.3 is 15.4 Å². The van der Waals surface area contributed by atoms with Gasteiger partial charge in [-0.15, -0.1) is 0 Å². The fraction of sp³-hybridized carbons (Fsp3) is 0.647. The van der Waals surface area contributed by atoms with Gasteiger partial charge in [-0.25, -0.2) is 0 Å². The van der Waals surface area contributed by atoms with Crippen molar-refractivity contribution < 1.29 is 4.74 Å². The normalized spacial score (nSPS) is 20.6. The number of hydrogen-bond acceptors (Lipinski definition) is 4. The van der Waals surface area contributed by atoms with E-state index in [0.29, 0.717) is 6.54 Å². The highest BCUT2D eigenvalue weighted by Crippen LogP contribution is 2.29. The van der Waals surface area contributed by atoms with Crippen LogP contribution in [0.2, 0.25) is 0 Å². The Bertz CT molecular complexity index is 439. The second-order valence-electron chi connectivity index (χ2n) is 6.25. The van der Waals surface area contributed by atoms with Crippen LogP contribution in [0.3, 0.4) is 0 Å². The summed E-state index contributed by atoms with van der Waals surface area (Å²) < 4.78 is 5.90. The second-order valence-corrected chi connectivity index (χ2v) is 6.25. The van der Waals surface area contributed by atoms with Gasteiger partial charge in [-0.1, -0.05) is 18.2 Å². The second kappa shape index (κ2) is 7.25. The average Bonchev–Trinajstić information content (AvgIpc) is 3.33. The molecule has 2 aliphatic rings. The lowest BCUT2D eigenvalue weighted by Gasteiger charge is -2.34. The Balaban J connectivity index is 1.36. The van der Waals surface area contributed by atoms with E-state index in [0.717, 1.165) is 30.4 Å². The van der Waals surface area contributed by atoms with Gasteiger partial charge in [0.05, 0.1) is 0 Å². The third kappa shape index (κ3) is 4.43. The topological polar surface area (TPSA) is 41.7 Å². The fourth-order valence-electron chi connectivity index (χ4n) is 2.96. The predicted octanol–water partition coefficient (Wildman–Crippen LogP) is 1.55. The molecule has 0 bridgehead atoms. The number of benzene rings is 1. The molecule has 0 spiro atoms. The molecule has 1 heterocycles. The van der Waals surface area contributed by atoms with Crippen LogP contribution in [0, 0.1) is 5.92 Å². The maximum Gasteiger partial charge on any atom is 0.123 e. The van der Waals surface area contributed by atoms with E-state index in [4.69, 9.17) is 10.5 Å². The van der Waals surface area contributed by atoms with Crippen molar-refractivity contribution in [2.75, 3.05) is 45.9 Å². The average molecular weight is 289 g/mol. The zero-order valence-electron chi connectivity index (χ0n) is 12.8. The van der Waals surface area contributed by atoms with Crippen molar-refractivity contribution in [2.45, 2.75) is 19.4 Å². The summed E-state index contributed by atoms with van der Waals surface area (Å²) in [5.74, 6) is 1.94. The first-order valence-corrected chi connectivity index (χ1v) is 8.20. The van der Waals surface area contributed by atoms with Crippen LogP contribution >= 0.6 is 0 Å². The quantitative estimate of drug-likeness (QED) is 0.827. The van der Waals surface area contributed by atoms with Crippen LogP contribution in [0.15, 0.2) is 24.3 Å². The third-order valence-electron chi connectivity index (χ3n) is 4.54. The van der Waals surface area contributed by atoms with E-state index in [1.54, 1.807) is 0 Å². The van der Waals surface area contributed by atoms with Crippen molar-refractivity contribution >= 4 is 0 Å². The summed E-state index contributed by atoms with van der Waals surface area (Å²) in [5.41, 5.74) is 6.82. The van der Waals surface area contributed by atoms with Gasteiger partial charge in [-0.2, -0.15) is 0 Å². The number of hydrogen-bond donors (Lipinski definition) is 1. The van der Waals surface area contributed by atoms with E-state index in [-0.39, 0.29) is 0 Å². The fourth-order valence-corrected chi connectivity index (χ4v) is 2.96. The van der Waals surface area contributed by atoms with E-state index in [2.05, 4.69) is 9.80 Å². The van der Waals surface area contributed by atoms with Crippen molar-refractivity contribution in [3.63, 3.8) is 0 Å². The van der Waals surface area contributed by atoms with Gasteiger partial charge in [0.25, 0.3) is 0 Å². The lowest BCUT2D eigenvalue weighted by atomic mass is 10.2. The molecule has 0 amide bonds. The van der Waals surface area contributed by atoms with Crippen molar-refractivity contribution in [3.05, 3.63) is 29.8 Å². The molecule has 1 aromatic carbocycles. The Morgan fingerprint density at radius 1 is 1.05 bits per heavy atom.